The molecule has 20 heavy (non-hydrogen) atoms. The minimum Gasteiger partial charge on any atom is -0.343 e. The van der Waals surface area contributed by atoms with E-state index in [1.165, 1.54) is 5.56 Å². The Balaban J connectivity index is 1.87. The first-order valence-corrected chi connectivity index (χ1v) is 7.25. The molecule has 1 N–H and O–H groups in total. The Hall–Kier alpha value is -1.84. The summed E-state index contributed by atoms with van der Waals surface area (Å²) in [5, 5.41) is 2.96. The first-order chi connectivity index (χ1) is 9.60. The molecule has 1 aliphatic rings. The second-order valence-electron chi connectivity index (χ2n) is 5.32. The highest BCUT2D eigenvalue weighted by Crippen LogP contribution is 2.20. The van der Waals surface area contributed by atoms with Crippen LogP contribution in [0, 0.1) is 5.92 Å². The van der Waals surface area contributed by atoms with Gasteiger partial charge in [-0.25, -0.2) is 0 Å². The summed E-state index contributed by atoms with van der Waals surface area (Å²) < 4.78 is 0. The number of rotatable bonds is 3. The molecule has 4 heteroatoms. The molecule has 0 saturated carbocycles. The molecule has 0 bridgehead atoms. The number of nitrogens with one attached hydrogen (secondary N) is 1. The molecule has 1 aliphatic heterocycles. The van der Waals surface area contributed by atoms with Gasteiger partial charge in [0.2, 0.25) is 11.8 Å². The zero-order valence-electron chi connectivity index (χ0n) is 12.2. The van der Waals surface area contributed by atoms with Gasteiger partial charge in [0, 0.05) is 31.6 Å². The van der Waals surface area contributed by atoms with Crippen LogP contribution in [0.1, 0.15) is 32.3 Å². The predicted molar refractivity (Wildman–Crippen MR) is 79.4 cm³/mol. The smallest absolute Gasteiger partial charge is 0.227 e. The SMILES string of the molecule is CCc1ccc(NC(=O)C2CCN(C(C)=O)CC2)cc1. The summed E-state index contributed by atoms with van der Waals surface area (Å²) in [4.78, 5) is 25.2. The fourth-order valence-corrected chi connectivity index (χ4v) is 2.52. The molecule has 1 heterocycles. The van der Waals surface area contributed by atoms with Crippen molar-refractivity contribution in [3.63, 3.8) is 0 Å². The van der Waals surface area contributed by atoms with Crippen molar-refractivity contribution in [1.82, 2.24) is 4.90 Å². The highest BCUT2D eigenvalue weighted by molar-refractivity contribution is 5.92. The molecule has 0 aromatic heterocycles. The molecule has 1 aromatic rings. The van der Waals surface area contributed by atoms with Crippen molar-refractivity contribution >= 4 is 17.5 Å². The monoisotopic (exact) mass is 274 g/mol. The van der Waals surface area contributed by atoms with Crippen LogP contribution in [0.25, 0.3) is 0 Å². The van der Waals surface area contributed by atoms with Gasteiger partial charge < -0.3 is 10.2 Å². The second-order valence-corrected chi connectivity index (χ2v) is 5.32. The van der Waals surface area contributed by atoms with Crippen LogP contribution in [0.5, 0.6) is 0 Å². The summed E-state index contributed by atoms with van der Waals surface area (Å²) in [7, 11) is 0. The van der Waals surface area contributed by atoms with E-state index in [-0.39, 0.29) is 17.7 Å². The summed E-state index contributed by atoms with van der Waals surface area (Å²) in [5.74, 6) is 0.174. The van der Waals surface area contributed by atoms with Crippen molar-refractivity contribution in [2.24, 2.45) is 5.92 Å². The van der Waals surface area contributed by atoms with Crippen molar-refractivity contribution in [2.75, 3.05) is 18.4 Å². The van der Waals surface area contributed by atoms with Gasteiger partial charge in [-0.1, -0.05) is 19.1 Å². The molecule has 0 spiro atoms. The number of anilines is 1. The van der Waals surface area contributed by atoms with Crippen LogP contribution < -0.4 is 5.32 Å². The van der Waals surface area contributed by atoms with Crippen LogP contribution in [0.15, 0.2) is 24.3 Å². The highest BCUT2D eigenvalue weighted by Gasteiger charge is 2.25. The van der Waals surface area contributed by atoms with E-state index in [0.29, 0.717) is 13.1 Å². The summed E-state index contributed by atoms with van der Waals surface area (Å²) in [6.07, 6.45) is 2.49. The Kier molecular flexibility index (Phi) is 4.77. The molecule has 1 aromatic carbocycles. The summed E-state index contributed by atoms with van der Waals surface area (Å²) in [6, 6.07) is 7.96. The van der Waals surface area contributed by atoms with Gasteiger partial charge in [-0.3, -0.25) is 9.59 Å². The first-order valence-electron chi connectivity index (χ1n) is 7.25. The van der Waals surface area contributed by atoms with Gasteiger partial charge in [-0.15, -0.1) is 0 Å². The summed E-state index contributed by atoms with van der Waals surface area (Å²) in [5.41, 5.74) is 2.11. The number of nitrogens with zero attached hydrogens (tertiary/aromatic N) is 1. The maximum Gasteiger partial charge on any atom is 0.227 e. The molecule has 0 aliphatic carbocycles. The van der Waals surface area contributed by atoms with Gasteiger partial charge in [0.1, 0.15) is 0 Å². The highest BCUT2D eigenvalue weighted by atomic mass is 16.2. The normalized spacial score (nSPS) is 16.0. The fraction of sp³-hybridized carbons (Fsp3) is 0.500. The fourth-order valence-electron chi connectivity index (χ4n) is 2.52. The Morgan fingerprint density at radius 3 is 2.30 bits per heavy atom. The van der Waals surface area contributed by atoms with E-state index in [1.807, 2.05) is 24.3 Å². The average Bonchev–Trinajstić information content (AvgIpc) is 2.48. The molecule has 2 rings (SSSR count). The van der Waals surface area contributed by atoms with Crippen LogP contribution in [0.4, 0.5) is 5.69 Å². The summed E-state index contributed by atoms with van der Waals surface area (Å²) in [6.45, 7) is 5.05. The Bertz CT molecular complexity index is 474. The van der Waals surface area contributed by atoms with E-state index in [9.17, 15) is 9.59 Å². The van der Waals surface area contributed by atoms with Gasteiger partial charge in [-0.05, 0) is 37.0 Å². The van der Waals surface area contributed by atoms with Gasteiger partial charge in [-0.2, -0.15) is 0 Å². The third-order valence-corrected chi connectivity index (χ3v) is 3.94. The van der Waals surface area contributed by atoms with Crippen LogP contribution in [0.3, 0.4) is 0 Å². The second kappa shape index (κ2) is 6.55. The zero-order chi connectivity index (χ0) is 14.5. The van der Waals surface area contributed by atoms with E-state index >= 15 is 0 Å². The number of piperidine rings is 1. The van der Waals surface area contributed by atoms with Crippen molar-refractivity contribution in [2.45, 2.75) is 33.1 Å². The molecular weight excluding hydrogens is 252 g/mol. The van der Waals surface area contributed by atoms with Gasteiger partial charge >= 0.3 is 0 Å². The zero-order valence-corrected chi connectivity index (χ0v) is 12.2. The lowest BCUT2D eigenvalue weighted by molar-refractivity contribution is -0.132. The van der Waals surface area contributed by atoms with Crippen molar-refractivity contribution in [3.05, 3.63) is 29.8 Å². The number of hydrogen-bond donors (Lipinski definition) is 1. The van der Waals surface area contributed by atoms with Crippen molar-refractivity contribution in [3.8, 4) is 0 Å². The molecular formula is C16H22N2O2. The third-order valence-electron chi connectivity index (χ3n) is 3.94. The number of benzene rings is 1. The van der Waals surface area contributed by atoms with Crippen LogP contribution in [-0.4, -0.2) is 29.8 Å². The molecule has 108 valence electrons. The van der Waals surface area contributed by atoms with Crippen LogP contribution in [0.2, 0.25) is 0 Å². The number of aryl methyl sites for hydroxylation is 1. The minimum absolute atomic E-state index is 0.0106. The topological polar surface area (TPSA) is 49.4 Å². The van der Waals surface area contributed by atoms with E-state index < -0.39 is 0 Å². The predicted octanol–water partition coefficient (Wildman–Crippen LogP) is 2.45. The van der Waals surface area contributed by atoms with Gasteiger partial charge in [0.05, 0.1) is 0 Å². The number of carbonyl (C=O) groups is 2. The summed E-state index contributed by atoms with van der Waals surface area (Å²) >= 11 is 0. The molecule has 0 radical (unpaired) electrons. The van der Waals surface area contributed by atoms with Gasteiger partial charge in [0.25, 0.3) is 0 Å². The van der Waals surface area contributed by atoms with E-state index in [1.54, 1.807) is 11.8 Å². The molecule has 2 amide bonds. The van der Waals surface area contributed by atoms with Crippen LogP contribution in [-0.2, 0) is 16.0 Å². The van der Waals surface area contributed by atoms with E-state index in [0.717, 1.165) is 24.9 Å². The number of amides is 2. The Labute approximate surface area is 120 Å². The van der Waals surface area contributed by atoms with E-state index in [2.05, 4.69) is 12.2 Å². The maximum atomic E-state index is 12.2. The third kappa shape index (κ3) is 3.59. The lowest BCUT2D eigenvalue weighted by Gasteiger charge is -2.30. The number of carbonyl (C=O) groups excluding carboxylic acids is 2. The van der Waals surface area contributed by atoms with Gasteiger partial charge in [0.15, 0.2) is 0 Å². The molecule has 0 unspecified atom stereocenters. The Morgan fingerprint density at radius 1 is 1.20 bits per heavy atom. The quantitative estimate of drug-likeness (QED) is 0.920. The standard InChI is InChI=1S/C16H22N2O2/c1-3-13-4-6-15(7-5-13)17-16(20)14-8-10-18(11-9-14)12(2)19/h4-7,14H,3,8-11H2,1-2H3,(H,17,20). The molecule has 4 nitrogen and oxygen atoms in total. The van der Waals surface area contributed by atoms with E-state index in [4.69, 9.17) is 0 Å². The van der Waals surface area contributed by atoms with Crippen molar-refractivity contribution in [1.29, 1.82) is 0 Å². The number of hydrogen-bond acceptors (Lipinski definition) is 2. The maximum absolute atomic E-state index is 12.2. The lowest BCUT2D eigenvalue weighted by atomic mass is 9.96. The minimum atomic E-state index is 0.0106. The number of likely N-dealkylation sites (tertiary alicyclic amines) is 1. The Morgan fingerprint density at radius 2 is 1.80 bits per heavy atom. The largest absolute Gasteiger partial charge is 0.343 e. The van der Waals surface area contributed by atoms with Crippen molar-refractivity contribution < 1.29 is 9.59 Å². The average molecular weight is 274 g/mol. The molecule has 0 atom stereocenters. The van der Waals surface area contributed by atoms with Crippen LogP contribution >= 0.6 is 0 Å². The molecule has 1 saturated heterocycles. The molecule has 1 fully saturated rings. The first kappa shape index (κ1) is 14.6. The lowest BCUT2D eigenvalue weighted by Crippen LogP contribution is -2.40.